The molecule has 0 atom stereocenters. The van der Waals surface area contributed by atoms with Crippen LogP contribution in [0.3, 0.4) is 0 Å². The molecule has 28 heavy (non-hydrogen) atoms. The van der Waals surface area contributed by atoms with Crippen LogP contribution in [0.1, 0.15) is 29.3 Å². The van der Waals surface area contributed by atoms with E-state index in [1.165, 1.54) is 6.07 Å². The number of nitrogens with two attached hydrogens (primary N) is 1. The highest BCUT2D eigenvalue weighted by atomic mass is 19.1. The highest BCUT2D eigenvalue weighted by Crippen LogP contribution is 2.39. The third-order valence-corrected chi connectivity index (χ3v) is 5.60. The molecule has 0 radical (unpaired) electrons. The molecule has 0 spiro atoms. The summed E-state index contributed by atoms with van der Waals surface area (Å²) in [5.41, 5.74) is 10.5. The number of hydrogen-bond donors (Lipinski definition) is 1. The Morgan fingerprint density at radius 1 is 1.25 bits per heavy atom. The minimum Gasteiger partial charge on any atom is -0.396 e. The lowest BCUT2D eigenvalue weighted by Gasteiger charge is -2.30. The highest BCUT2D eigenvalue weighted by molar-refractivity contribution is 6.00. The first-order valence-corrected chi connectivity index (χ1v) is 9.43. The average Bonchev–Trinajstić information content (AvgIpc) is 2.67. The lowest BCUT2D eigenvalue weighted by atomic mass is 9.92. The molecular weight excluding hydrogens is 356 g/mol. The Balaban J connectivity index is 2.08. The summed E-state index contributed by atoms with van der Waals surface area (Å²) in [4.78, 5) is 6.61. The molecule has 3 nitrogen and oxygen atoms in total. The average molecular weight is 379 g/mol. The molecule has 1 aliphatic heterocycles. The van der Waals surface area contributed by atoms with E-state index in [9.17, 15) is 4.39 Å². The van der Waals surface area contributed by atoms with Crippen molar-refractivity contribution in [3.05, 3.63) is 64.9 Å². The Morgan fingerprint density at radius 3 is 2.71 bits per heavy atom. The normalized spacial score (nSPS) is 13.9. The zero-order valence-electron chi connectivity index (χ0n) is 16.4. The van der Waals surface area contributed by atoms with Gasteiger partial charge in [0, 0.05) is 36.8 Å². The lowest BCUT2D eigenvalue weighted by Crippen LogP contribution is -2.27. The molecule has 0 bridgehead atoms. The number of fused-ring (bicyclic) bond motifs is 2. The summed E-state index contributed by atoms with van der Waals surface area (Å²) in [5, 5.41) is 1.57. The van der Waals surface area contributed by atoms with Crippen LogP contribution in [0.15, 0.2) is 30.8 Å². The van der Waals surface area contributed by atoms with E-state index < -0.39 is 5.82 Å². The van der Waals surface area contributed by atoms with Crippen molar-refractivity contribution in [2.24, 2.45) is 0 Å². The molecule has 2 heterocycles. The van der Waals surface area contributed by atoms with Gasteiger partial charge in [-0.25, -0.2) is 13.8 Å². The third kappa shape index (κ3) is 2.65. The van der Waals surface area contributed by atoms with Crippen molar-refractivity contribution in [1.82, 2.24) is 9.88 Å². The molecule has 144 valence electrons. The molecule has 0 unspecified atom stereocenters. The Morgan fingerprint density at radius 2 is 2.00 bits per heavy atom. The van der Waals surface area contributed by atoms with Crippen LogP contribution in [0.5, 0.6) is 0 Å². The molecule has 1 aromatic heterocycles. The number of halogens is 2. The second-order valence-electron chi connectivity index (χ2n) is 7.42. The van der Waals surface area contributed by atoms with Crippen LogP contribution in [-0.4, -0.2) is 23.5 Å². The maximum Gasteiger partial charge on any atom is 0.173 e. The van der Waals surface area contributed by atoms with E-state index in [4.69, 9.17) is 5.73 Å². The lowest BCUT2D eigenvalue weighted by molar-refractivity contribution is 0.464. The van der Waals surface area contributed by atoms with Crippen molar-refractivity contribution in [1.29, 1.82) is 0 Å². The van der Waals surface area contributed by atoms with E-state index in [1.807, 2.05) is 37.9 Å². The van der Waals surface area contributed by atoms with Crippen LogP contribution in [0, 0.1) is 18.6 Å². The summed E-state index contributed by atoms with van der Waals surface area (Å²) in [5.74, 6) is -0.866. The number of rotatable bonds is 2. The Labute approximate surface area is 163 Å². The molecule has 4 rings (SSSR count). The topological polar surface area (TPSA) is 42.1 Å². The molecule has 3 aromatic rings. The Kier molecular flexibility index (Phi) is 4.33. The van der Waals surface area contributed by atoms with E-state index in [0.29, 0.717) is 40.6 Å². The number of anilines is 1. The van der Waals surface area contributed by atoms with Gasteiger partial charge in [-0.05, 0) is 47.4 Å². The van der Waals surface area contributed by atoms with E-state index in [2.05, 4.69) is 11.6 Å². The van der Waals surface area contributed by atoms with Crippen molar-refractivity contribution in [3.63, 3.8) is 0 Å². The summed E-state index contributed by atoms with van der Waals surface area (Å²) in [7, 11) is 1.90. The van der Waals surface area contributed by atoms with Gasteiger partial charge in [0.2, 0.25) is 0 Å². The second-order valence-corrected chi connectivity index (χ2v) is 7.42. The third-order valence-electron chi connectivity index (χ3n) is 5.60. The number of nitrogens with zero attached hydrogens (tertiary/aromatic N) is 2. The summed E-state index contributed by atoms with van der Waals surface area (Å²) in [6.07, 6.45) is 1.16. The second kappa shape index (κ2) is 6.59. The monoisotopic (exact) mass is 379 g/mol. The van der Waals surface area contributed by atoms with Crippen molar-refractivity contribution in [3.8, 4) is 11.3 Å². The van der Waals surface area contributed by atoms with E-state index in [0.717, 1.165) is 23.2 Å². The van der Waals surface area contributed by atoms with Gasteiger partial charge in [0.05, 0.1) is 11.4 Å². The van der Waals surface area contributed by atoms with Gasteiger partial charge >= 0.3 is 0 Å². The smallest absolute Gasteiger partial charge is 0.173 e. The molecule has 2 N–H and O–H groups in total. The predicted molar refractivity (Wildman–Crippen MR) is 111 cm³/mol. The van der Waals surface area contributed by atoms with Crippen molar-refractivity contribution in [2.75, 3.05) is 19.3 Å². The van der Waals surface area contributed by atoms with Crippen LogP contribution >= 0.6 is 0 Å². The minimum atomic E-state index is -0.576. The van der Waals surface area contributed by atoms with E-state index in [1.54, 1.807) is 6.07 Å². The SMILES string of the molecule is C=C1c2c(nc(-c3cc(C)cc4ccc(F)c(CC)c34)c(F)c2N)CCN1C. The zero-order valence-corrected chi connectivity index (χ0v) is 16.4. The number of benzene rings is 2. The predicted octanol–water partition coefficient (Wildman–Crippen LogP) is 5.09. The van der Waals surface area contributed by atoms with Gasteiger partial charge in [0.1, 0.15) is 11.5 Å². The molecule has 5 heteroatoms. The fourth-order valence-corrected chi connectivity index (χ4v) is 4.11. The van der Waals surface area contributed by atoms with Crippen LogP contribution in [0.2, 0.25) is 0 Å². The maximum absolute atomic E-state index is 15.4. The fourth-order valence-electron chi connectivity index (χ4n) is 4.11. The maximum atomic E-state index is 15.4. The van der Waals surface area contributed by atoms with E-state index >= 15 is 4.39 Å². The molecule has 0 saturated heterocycles. The molecule has 0 saturated carbocycles. The number of aryl methyl sites for hydroxylation is 2. The standard InChI is InChI=1S/C23H23F2N3/c1-5-15-17(24)7-6-14-10-12(2)11-16(20(14)15)23-21(25)22(26)19-13(3)28(4)9-8-18(19)27-23/h6-7,10-11H,3,5,8-9H2,1-2,4H3,(H2,26,27). The van der Waals surface area contributed by atoms with Crippen molar-refractivity contribution in [2.45, 2.75) is 26.7 Å². The number of nitrogen functional groups attached to an aromatic ring is 1. The van der Waals surface area contributed by atoms with Crippen molar-refractivity contribution >= 4 is 22.2 Å². The minimum absolute atomic E-state index is 0.0562. The molecular formula is C23H23F2N3. The van der Waals surface area contributed by atoms with Gasteiger partial charge in [0.15, 0.2) is 5.82 Å². The largest absolute Gasteiger partial charge is 0.396 e. The Bertz CT molecular complexity index is 1130. The quantitative estimate of drug-likeness (QED) is 0.674. The van der Waals surface area contributed by atoms with Gasteiger partial charge in [-0.2, -0.15) is 0 Å². The molecule has 0 fully saturated rings. The molecule has 1 aliphatic rings. The number of likely N-dealkylation sites (N-methyl/N-ethyl adjacent to an activating group) is 1. The fraction of sp³-hybridized carbons (Fsp3) is 0.261. The first-order valence-electron chi connectivity index (χ1n) is 9.43. The van der Waals surface area contributed by atoms with Crippen LogP contribution in [0.4, 0.5) is 14.5 Å². The van der Waals surface area contributed by atoms with Crippen LogP contribution in [-0.2, 0) is 12.8 Å². The summed E-state index contributed by atoms with van der Waals surface area (Å²) < 4.78 is 29.9. The van der Waals surface area contributed by atoms with Crippen LogP contribution < -0.4 is 5.73 Å². The molecule has 2 aromatic carbocycles. The first-order chi connectivity index (χ1) is 13.3. The summed E-state index contributed by atoms with van der Waals surface area (Å²) in [6.45, 7) is 8.61. The van der Waals surface area contributed by atoms with Gasteiger partial charge in [-0.15, -0.1) is 0 Å². The van der Waals surface area contributed by atoms with E-state index in [-0.39, 0.29) is 17.2 Å². The zero-order chi connectivity index (χ0) is 20.2. The van der Waals surface area contributed by atoms with Gasteiger partial charge in [0.25, 0.3) is 0 Å². The summed E-state index contributed by atoms with van der Waals surface area (Å²) in [6, 6.07) is 7.04. The summed E-state index contributed by atoms with van der Waals surface area (Å²) >= 11 is 0. The highest BCUT2D eigenvalue weighted by Gasteiger charge is 2.27. The van der Waals surface area contributed by atoms with Gasteiger partial charge < -0.3 is 10.6 Å². The number of aromatic nitrogens is 1. The van der Waals surface area contributed by atoms with Crippen molar-refractivity contribution < 1.29 is 8.78 Å². The first kappa shape index (κ1) is 18.4. The number of hydrogen-bond acceptors (Lipinski definition) is 3. The van der Waals surface area contributed by atoms with Gasteiger partial charge in [-0.1, -0.05) is 25.6 Å². The Hall–Kier alpha value is -2.95. The molecule has 0 aliphatic carbocycles. The molecule has 0 amide bonds. The number of pyridine rings is 1. The van der Waals surface area contributed by atoms with Gasteiger partial charge in [-0.3, -0.25) is 0 Å². The van der Waals surface area contributed by atoms with Crippen LogP contribution in [0.25, 0.3) is 27.7 Å².